The highest BCUT2D eigenvalue weighted by Gasteiger charge is 2.32. The first-order chi connectivity index (χ1) is 16.2. The molecule has 8 heteroatoms. The zero-order valence-corrected chi connectivity index (χ0v) is 18.3. The summed E-state index contributed by atoms with van der Waals surface area (Å²) in [6.07, 6.45) is 5.87. The molecule has 0 bridgehead atoms. The summed E-state index contributed by atoms with van der Waals surface area (Å²) < 4.78 is 0. The highest BCUT2D eigenvalue weighted by Crippen LogP contribution is 2.37. The number of hydrogen-bond donors (Lipinski definition) is 1. The molecular formula is C25H19N5O2S. The lowest BCUT2D eigenvalue weighted by molar-refractivity contribution is -0.190. The first-order valence-corrected chi connectivity index (χ1v) is 11.2. The summed E-state index contributed by atoms with van der Waals surface area (Å²) in [7, 11) is 0. The SMILES string of the molecule is N#Cc1ccc(-c2ncc(CON3N=C(c4cccnc4)CC3c3ccccc3O)s2)cc1. The number of thiazole rings is 1. The van der Waals surface area contributed by atoms with E-state index in [9.17, 15) is 5.11 Å². The molecule has 7 nitrogen and oxygen atoms in total. The predicted molar refractivity (Wildman–Crippen MR) is 125 cm³/mol. The van der Waals surface area contributed by atoms with E-state index in [0.29, 0.717) is 18.6 Å². The zero-order valence-electron chi connectivity index (χ0n) is 17.5. The van der Waals surface area contributed by atoms with E-state index < -0.39 is 0 Å². The number of para-hydroxylation sites is 1. The lowest BCUT2D eigenvalue weighted by Gasteiger charge is -2.23. The van der Waals surface area contributed by atoms with Gasteiger partial charge in [-0.15, -0.1) is 11.3 Å². The van der Waals surface area contributed by atoms with Crippen molar-refractivity contribution in [1.82, 2.24) is 15.1 Å². The van der Waals surface area contributed by atoms with Crippen molar-refractivity contribution in [3.63, 3.8) is 0 Å². The van der Waals surface area contributed by atoms with Gasteiger partial charge in [0.1, 0.15) is 23.4 Å². The minimum atomic E-state index is -0.257. The van der Waals surface area contributed by atoms with Gasteiger partial charge in [0, 0.05) is 41.7 Å². The van der Waals surface area contributed by atoms with Crippen LogP contribution < -0.4 is 0 Å². The van der Waals surface area contributed by atoms with Gasteiger partial charge < -0.3 is 5.11 Å². The Morgan fingerprint density at radius 1 is 1.06 bits per heavy atom. The number of hydrazone groups is 1. The topological polar surface area (TPSA) is 94.6 Å². The molecule has 2 aromatic heterocycles. The monoisotopic (exact) mass is 453 g/mol. The summed E-state index contributed by atoms with van der Waals surface area (Å²) >= 11 is 1.53. The molecule has 0 fully saturated rings. The van der Waals surface area contributed by atoms with E-state index in [1.54, 1.807) is 48.0 Å². The molecule has 162 valence electrons. The van der Waals surface area contributed by atoms with Crippen LogP contribution in [0.4, 0.5) is 0 Å². The van der Waals surface area contributed by atoms with E-state index in [1.165, 1.54) is 11.3 Å². The van der Waals surface area contributed by atoms with Crippen LogP contribution in [0.5, 0.6) is 5.75 Å². The smallest absolute Gasteiger partial charge is 0.123 e. The van der Waals surface area contributed by atoms with Crippen molar-refractivity contribution < 1.29 is 9.94 Å². The molecule has 1 atom stereocenters. The molecule has 0 saturated carbocycles. The molecule has 0 amide bonds. The van der Waals surface area contributed by atoms with Crippen LogP contribution in [-0.2, 0) is 11.4 Å². The number of nitriles is 1. The summed E-state index contributed by atoms with van der Waals surface area (Å²) in [6.45, 7) is 0.294. The van der Waals surface area contributed by atoms with Crippen LogP contribution in [0, 0.1) is 11.3 Å². The lowest BCUT2D eigenvalue weighted by atomic mass is 9.99. The van der Waals surface area contributed by atoms with Crippen molar-refractivity contribution in [2.75, 3.05) is 0 Å². The molecule has 1 aliphatic heterocycles. The number of aromatic nitrogens is 2. The largest absolute Gasteiger partial charge is 0.508 e. The quantitative estimate of drug-likeness (QED) is 0.438. The van der Waals surface area contributed by atoms with E-state index in [0.717, 1.165) is 32.3 Å². The minimum Gasteiger partial charge on any atom is -0.508 e. The fourth-order valence-electron chi connectivity index (χ4n) is 3.64. The molecule has 4 aromatic rings. The summed E-state index contributed by atoms with van der Waals surface area (Å²) in [5.74, 6) is 0.208. The third kappa shape index (κ3) is 4.46. The number of hydrogen-bond acceptors (Lipinski definition) is 8. The van der Waals surface area contributed by atoms with Crippen LogP contribution >= 0.6 is 11.3 Å². The van der Waals surface area contributed by atoms with Gasteiger partial charge in [-0.05, 0) is 24.3 Å². The van der Waals surface area contributed by atoms with Crippen molar-refractivity contribution in [2.24, 2.45) is 5.10 Å². The number of aromatic hydroxyl groups is 1. The van der Waals surface area contributed by atoms with E-state index in [2.05, 4.69) is 21.1 Å². The molecule has 2 aromatic carbocycles. The molecule has 33 heavy (non-hydrogen) atoms. The molecule has 0 radical (unpaired) electrons. The molecule has 1 unspecified atom stereocenters. The Bertz CT molecular complexity index is 1330. The first kappa shape index (κ1) is 20.8. The number of rotatable bonds is 6. The number of benzene rings is 2. The standard InChI is InChI=1S/C25H19N5O2S/c26-13-17-7-9-18(10-8-17)25-28-15-20(33-25)16-32-30-23(21-5-1-2-6-24(21)31)12-22(29-30)19-4-3-11-27-14-19/h1-11,14-15,23,31H,12,16H2. The second-order valence-electron chi connectivity index (χ2n) is 7.46. The molecule has 0 aliphatic carbocycles. The number of hydroxylamine groups is 1. The van der Waals surface area contributed by atoms with Gasteiger partial charge in [-0.2, -0.15) is 15.5 Å². The van der Waals surface area contributed by atoms with Gasteiger partial charge in [0.15, 0.2) is 0 Å². The van der Waals surface area contributed by atoms with Crippen molar-refractivity contribution in [1.29, 1.82) is 5.26 Å². The van der Waals surface area contributed by atoms with Crippen LogP contribution in [0.1, 0.15) is 34.0 Å². The van der Waals surface area contributed by atoms with Crippen LogP contribution in [0.25, 0.3) is 10.6 Å². The van der Waals surface area contributed by atoms with Crippen LogP contribution in [0.3, 0.4) is 0 Å². The number of phenolic OH excluding ortho intramolecular Hbond substituents is 1. The predicted octanol–water partition coefficient (Wildman–Crippen LogP) is 5.07. The fraction of sp³-hybridized carbons (Fsp3) is 0.120. The second-order valence-corrected chi connectivity index (χ2v) is 8.58. The Balaban J connectivity index is 1.36. The van der Waals surface area contributed by atoms with E-state index in [4.69, 9.17) is 10.1 Å². The minimum absolute atomic E-state index is 0.208. The van der Waals surface area contributed by atoms with Crippen LogP contribution in [-0.4, -0.2) is 26.0 Å². The van der Waals surface area contributed by atoms with Crippen LogP contribution in [0.15, 0.2) is 84.4 Å². The fourth-order valence-corrected chi connectivity index (χ4v) is 4.47. The highest BCUT2D eigenvalue weighted by molar-refractivity contribution is 7.15. The summed E-state index contributed by atoms with van der Waals surface area (Å²) in [6, 6.07) is 20.3. The Morgan fingerprint density at radius 2 is 1.91 bits per heavy atom. The maximum atomic E-state index is 10.4. The Labute approximate surface area is 194 Å². The van der Waals surface area contributed by atoms with E-state index in [1.807, 2.05) is 36.4 Å². The maximum Gasteiger partial charge on any atom is 0.123 e. The molecule has 1 N–H and O–H groups in total. The highest BCUT2D eigenvalue weighted by atomic mass is 32.1. The summed E-state index contributed by atoms with van der Waals surface area (Å²) in [4.78, 5) is 15.7. The first-order valence-electron chi connectivity index (χ1n) is 10.3. The van der Waals surface area contributed by atoms with Crippen molar-refractivity contribution in [3.8, 4) is 22.4 Å². The Kier molecular flexibility index (Phi) is 5.81. The van der Waals surface area contributed by atoms with Crippen molar-refractivity contribution >= 4 is 17.0 Å². The van der Waals surface area contributed by atoms with Crippen molar-refractivity contribution in [3.05, 3.63) is 101 Å². The van der Waals surface area contributed by atoms with Crippen molar-refractivity contribution in [2.45, 2.75) is 19.1 Å². The molecule has 0 spiro atoms. The van der Waals surface area contributed by atoms with Gasteiger partial charge in [0.25, 0.3) is 0 Å². The average Bonchev–Trinajstić information content (AvgIpc) is 3.51. The number of nitrogens with zero attached hydrogens (tertiary/aromatic N) is 5. The Hall–Kier alpha value is -4.06. The van der Waals surface area contributed by atoms with Gasteiger partial charge >= 0.3 is 0 Å². The van der Waals surface area contributed by atoms with Gasteiger partial charge in [-0.3, -0.25) is 9.82 Å². The molecule has 1 aliphatic rings. The van der Waals surface area contributed by atoms with Crippen LogP contribution in [0.2, 0.25) is 0 Å². The third-order valence-electron chi connectivity index (χ3n) is 5.32. The Morgan fingerprint density at radius 3 is 2.67 bits per heavy atom. The number of pyridine rings is 1. The molecular weight excluding hydrogens is 434 g/mol. The molecule has 5 rings (SSSR count). The van der Waals surface area contributed by atoms with Gasteiger partial charge in [-0.1, -0.05) is 36.4 Å². The molecule has 3 heterocycles. The van der Waals surface area contributed by atoms with E-state index in [-0.39, 0.29) is 11.8 Å². The maximum absolute atomic E-state index is 10.4. The van der Waals surface area contributed by atoms with Gasteiger partial charge in [0.05, 0.1) is 22.2 Å². The van der Waals surface area contributed by atoms with Gasteiger partial charge in [0.2, 0.25) is 0 Å². The zero-order chi connectivity index (χ0) is 22.6. The lowest BCUT2D eigenvalue weighted by Crippen LogP contribution is -2.19. The normalized spacial score (nSPS) is 15.3. The number of phenols is 1. The molecule has 0 saturated heterocycles. The average molecular weight is 454 g/mol. The third-order valence-corrected chi connectivity index (χ3v) is 6.34. The summed E-state index contributed by atoms with van der Waals surface area (Å²) in [5.41, 5.74) is 4.09. The second kappa shape index (κ2) is 9.20. The van der Waals surface area contributed by atoms with E-state index >= 15 is 0 Å². The summed E-state index contributed by atoms with van der Waals surface area (Å²) in [5, 5.41) is 26.5. The van der Waals surface area contributed by atoms with Gasteiger partial charge in [-0.25, -0.2) is 4.98 Å².